The van der Waals surface area contributed by atoms with Gasteiger partial charge in [0.2, 0.25) is 0 Å². The Morgan fingerprint density at radius 2 is 1.18 bits per heavy atom. The molecule has 1 fully saturated rings. The van der Waals surface area contributed by atoms with Gasteiger partial charge in [-0.15, -0.1) is 0 Å². The van der Waals surface area contributed by atoms with Gasteiger partial charge in [-0.3, -0.25) is 9.80 Å². The molecule has 0 bridgehead atoms. The minimum atomic E-state index is -0.337. The van der Waals surface area contributed by atoms with Crippen LogP contribution in [0.1, 0.15) is 23.1 Å². The van der Waals surface area contributed by atoms with Crippen LogP contribution in [0.2, 0.25) is 0 Å². The SMILES string of the molecule is OC1CCN(Cc2ccccc2)C1N(Cc1ccccc1)Cc1ccccc1. The van der Waals surface area contributed by atoms with Gasteiger partial charge in [-0.2, -0.15) is 0 Å². The third-order valence-corrected chi connectivity index (χ3v) is 5.49. The smallest absolute Gasteiger partial charge is 0.0899 e. The highest BCUT2D eigenvalue weighted by molar-refractivity contribution is 5.18. The van der Waals surface area contributed by atoms with Gasteiger partial charge in [-0.25, -0.2) is 0 Å². The lowest BCUT2D eigenvalue weighted by molar-refractivity contribution is -0.0128. The predicted molar refractivity (Wildman–Crippen MR) is 113 cm³/mol. The number of aliphatic hydroxyl groups excluding tert-OH is 1. The van der Waals surface area contributed by atoms with Crippen molar-refractivity contribution >= 4 is 0 Å². The number of nitrogens with zero attached hydrogens (tertiary/aromatic N) is 2. The zero-order chi connectivity index (χ0) is 19.2. The summed E-state index contributed by atoms with van der Waals surface area (Å²) in [7, 11) is 0. The van der Waals surface area contributed by atoms with Crippen LogP contribution in [0.4, 0.5) is 0 Å². The summed E-state index contributed by atoms with van der Waals surface area (Å²) in [6.45, 7) is 3.43. The molecule has 0 aliphatic carbocycles. The fraction of sp³-hybridized carbons (Fsp3) is 0.280. The normalized spacial score (nSPS) is 19.9. The van der Waals surface area contributed by atoms with E-state index in [4.69, 9.17) is 0 Å². The third kappa shape index (κ3) is 4.68. The van der Waals surface area contributed by atoms with Crippen molar-refractivity contribution in [1.82, 2.24) is 9.80 Å². The molecule has 2 unspecified atom stereocenters. The van der Waals surface area contributed by atoms with Crippen LogP contribution in [0.3, 0.4) is 0 Å². The number of hydrogen-bond donors (Lipinski definition) is 1. The lowest BCUT2D eigenvalue weighted by atomic mass is 10.1. The van der Waals surface area contributed by atoms with Crippen molar-refractivity contribution in [3.8, 4) is 0 Å². The summed E-state index contributed by atoms with van der Waals surface area (Å²) in [5.41, 5.74) is 3.84. The van der Waals surface area contributed by atoms with Gasteiger partial charge in [-0.05, 0) is 23.1 Å². The van der Waals surface area contributed by atoms with Gasteiger partial charge in [0.05, 0.1) is 12.3 Å². The second-order valence-corrected chi connectivity index (χ2v) is 7.60. The summed E-state index contributed by atoms with van der Waals surface area (Å²) in [6, 6.07) is 31.7. The van der Waals surface area contributed by atoms with Crippen LogP contribution in [0.5, 0.6) is 0 Å². The Morgan fingerprint density at radius 3 is 1.68 bits per heavy atom. The first-order valence-electron chi connectivity index (χ1n) is 10.1. The first-order chi connectivity index (χ1) is 13.8. The van der Waals surface area contributed by atoms with Crippen LogP contribution < -0.4 is 0 Å². The van der Waals surface area contributed by atoms with E-state index in [0.29, 0.717) is 0 Å². The maximum Gasteiger partial charge on any atom is 0.0899 e. The average Bonchev–Trinajstić information content (AvgIpc) is 3.10. The van der Waals surface area contributed by atoms with Crippen LogP contribution >= 0.6 is 0 Å². The lowest BCUT2D eigenvalue weighted by Gasteiger charge is -2.37. The fourth-order valence-electron chi connectivity index (χ4n) is 4.17. The Bertz CT molecular complexity index is 797. The highest BCUT2D eigenvalue weighted by atomic mass is 16.3. The molecular formula is C25H28N2O. The summed E-state index contributed by atoms with van der Waals surface area (Å²) in [6.07, 6.45) is 0.495. The molecule has 3 aromatic rings. The molecule has 0 aromatic heterocycles. The largest absolute Gasteiger partial charge is 0.390 e. The molecule has 0 saturated carbocycles. The molecule has 1 aliphatic heterocycles. The Kier molecular flexibility index (Phi) is 6.17. The Labute approximate surface area is 167 Å². The summed E-state index contributed by atoms with van der Waals surface area (Å²) >= 11 is 0. The van der Waals surface area contributed by atoms with Crippen LogP contribution in [0.15, 0.2) is 91.0 Å². The van der Waals surface area contributed by atoms with E-state index in [2.05, 4.69) is 101 Å². The Balaban J connectivity index is 1.58. The van der Waals surface area contributed by atoms with Gasteiger partial charge < -0.3 is 5.11 Å². The zero-order valence-corrected chi connectivity index (χ0v) is 16.2. The van der Waals surface area contributed by atoms with Gasteiger partial charge in [-0.1, -0.05) is 91.0 Å². The topological polar surface area (TPSA) is 26.7 Å². The Morgan fingerprint density at radius 1 is 0.714 bits per heavy atom. The molecule has 144 valence electrons. The number of likely N-dealkylation sites (tertiary alicyclic amines) is 1. The van der Waals surface area contributed by atoms with E-state index < -0.39 is 0 Å². The van der Waals surface area contributed by atoms with Crippen molar-refractivity contribution in [1.29, 1.82) is 0 Å². The van der Waals surface area contributed by atoms with Crippen molar-refractivity contribution < 1.29 is 5.11 Å². The van der Waals surface area contributed by atoms with E-state index in [9.17, 15) is 5.11 Å². The molecule has 1 N–H and O–H groups in total. The molecule has 4 rings (SSSR count). The van der Waals surface area contributed by atoms with Crippen molar-refractivity contribution in [2.75, 3.05) is 6.54 Å². The average molecular weight is 373 g/mol. The van der Waals surface area contributed by atoms with E-state index in [-0.39, 0.29) is 12.3 Å². The fourth-order valence-corrected chi connectivity index (χ4v) is 4.17. The quantitative estimate of drug-likeness (QED) is 0.670. The minimum absolute atomic E-state index is 0.0145. The Hall–Kier alpha value is -2.46. The van der Waals surface area contributed by atoms with Crippen LogP contribution in [-0.4, -0.2) is 33.7 Å². The third-order valence-electron chi connectivity index (χ3n) is 5.49. The van der Waals surface area contributed by atoms with Gasteiger partial charge in [0.1, 0.15) is 0 Å². The van der Waals surface area contributed by atoms with E-state index in [1.165, 1.54) is 16.7 Å². The zero-order valence-electron chi connectivity index (χ0n) is 16.2. The van der Waals surface area contributed by atoms with E-state index >= 15 is 0 Å². The minimum Gasteiger partial charge on any atom is -0.390 e. The van der Waals surface area contributed by atoms with E-state index in [1.54, 1.807) is 0 Å². The second-order valence-electron chi connectivity index (χ2n) is 7.60. The summed E-state index contributed by atoms with van der Waals surface area (Å²) in [4.78, 5) is 4.84. The van der Waals surface area contributed by atoms with Gasteiger partial charge >= 0.3 is 0 Å². The molecule has 1 saturated heterocycles. The molecule has 3 nitrogen and oxygen atoms in total. The number of hydrogen-bond acceptors (Lipinski definition) is 3. The number of benzene rings is 3. The van der Waals surface area contributed by atoms with Crippen molar-refractivity contribution in [3.05, 3.63) is 108 Å². The van der Waals surface area contributed by atoms with E-state index in [1.807, 2.05) is 0 Å². The van der Waals surface area contributed by atoms with Gasteiger partial charge in [0, 0.05) is 26.2 Å². The van der Waals surface area contributed by atoms with Gasteiger partial charge in [0.25, 0.3) is 0 Å². The van der Waals surface area contributed by atoms with Crippen molar-refractivity contribution in [3.63, 3.8) is 0 Å². The van der Waals surface area contributed by atoms with Gasteiger partial charge in [0.15, 0.2) is 0 Å². The van der Waals surface area contributed by atoms with Crippen LogP contribution in [-0.2, 0) is 19.6 Å². The molecule has 3 aromatic carbocycles. The monoisotopic (exact) mass is 372 g/mol. The first-order valence-corrected chi connectivity index (χ1v) is 10.1. The highest BCUT2D eigenvalue weighted by Gasteiger charge is 2.37. The number of rotatable bonds is 7. The second kappa shape index (κ2) is 9.16. The van der Waals surface area contributed by atoms with E-state index in [0.717, 1.165) is 32.6 Å². The summed E-state index contributed by atoms with van der Waals surface area (Å²) in [5, 5.41) is 10.9. The molecule has 3 heteroatoms. The summed E-state index contributed by atoms with van der Waals surface area (Å²) in [5.74, 6) is 0. The van der Waals surface area contributed by atoms with Crippen molar-refractivity contribution in [2.45, 2.75) is 38.3 Å². The molecule has 0 spiro atoms. The molecule has 1 heterocycles. The maximum absolute atomic E-state index is 10.9. The number of aliphatic hydroxyl groups is 1. The highest BCUT2D eigenvalue weighted by Crippen LogP contribution is 2.27. The van der Waals surface area contributed by atoms with Crippen LogP contribution in [0.25, 0.3) is 0 Å². The molecular weight excluding hydrogens is 344 g/mol. The standard InChI is InChI=1S/C25H28N2O/c28-24-16-17-26(18-21-10-4-1-5-11-21)25(24)27(19-22-12-6-2-7-13-22)20-23-14-8-3-9-15-23/h1-15,24-25,28H,16-20H2. The lowest BCUT2D eigenvalue weighted by Crippen LogP contribution is -2.48. The predicted octanol–water partition coefficient (Wildman–Crippen LogP) is 4.28. The van der Waals surface area contributed by atoms with Crippen LogP contribution in [0, 0.1) is 0 Å². The first kappa shape index (κ1) is 18.9. The molecule has 28 heavy (non-hydrogen) atoms. The molecule has 0 radical (unpaired) electrons. The summed E-state index contributed by atoms with van der Waals surface area (Å²) < 4.78 is 0. The molecule has 2 atom stereocenters. The molecule has 1 aliphatic rings. The molecule has 0 amide bonds. The maximum atomic E-state index is 10.9. The van der Waals surface area contributed by atoms with Crippen molar-refractivity contribution in [2.24, 2.45) is 0 Å².